The van der Waals surface area contributed by atoms with E-state index in [0.717, 1.165) is 23.2 Å². The molecule has 1 aliphatic carbocycles. The summed E-state index contributed by atoms with van der Waals surface area (Å²) in [6.45, 7) is 0. The molecule has 1 aliphatic rings. The lowest BCUT2D eigenvalue weighted by atomic mass is 10.2. The molecule has 0 N–H and O–H groups in total. The van der Waals surface area contributed by atoms with Gasteiger partial charge >= 0.3 is 0 Å². The normalized spacial score (nSPS) is 14.1. The molecule has 1 fully saturated rings. The second-order valence-corrected chi connectivity index (χ2v) is 6.93. The molecule has 0 aliphatic heterocycles. The zero-order chi connectivity index (χ0) is 15.5. The minimum absolute atomic E-state index is 0.589. The first-order chi connectivity index (χ1) is 11.4. The Morgan fingerprint density at radius 3 is 2.30 bits per heavy atom. The molecule has 2 aromatic carbocycles. The number of nitrogens with zero attached hydrogens (tertiary/aromatic N) is 3. The number of aromatic nitrogens is 3. The highest BCUT2D eigenvalue weighted by Gasteiger charge is 2.30. The summed E-state index contributed by atoms with van der Waals surface area (Å²) in [6.07, 6.45) is 3.52. The maximum atomic E-state index is 4.47. The fraction of sp³-hybridized carbons (Fsp3) is 0.263. The number of benzene rings is 2. The molecule has 0 radical (unpaired) electrons. The summed E-state index contributed by atoms with van der Waals surface area (Å²) in [5.74, 6) is 2.73. The minimum atomic E-state index is 0.589. The van der Waals surface area contributed by atoms with E-state index in [2.05, 4.69) is 69.4 Å². The van der Waals surface area contributed by atoms with Crippen molar-refractivity contribution in [2.45, 2.75) is 30.3 Å². The van der Waals surface area contributed by atoms with Crippen molar-refractivity contribution in [1.82, 2.24) is 14.8 Å². The number of aryl methyl sites for hydroxylation is 1. The SMILES string of the molecule is c1ccc(CCSc2nnc(C3CC3)n2-c2ccccc2)cc1. The van der Waals surface area contributed by atoms with Crippen LogP contribution in [0.4, 0.5) is 0 Å². The average Bonchev–Trinajstić information content (AvgIpc) is 3.37. The molecule has 0 spiro atoms. The highest BCUT2D eigenvalue weighted by atomic mass is 32.2. The molecule has 1 aromatic heterocycles. The predicted octanol–water partition coefficient (Wildman–Crippen LogP) is 4.48. The third-order valence-electron chi connectivity index (χ3n) is 4.08. The van der Waals surface area contributed by atoms with Gasteiger partial charge in [0, 0.05) is 17.4 Å². The highest BCUT2D eigenvalue weighted by molar-refractivity contribution is 7.99. The molecule has 3 nitrogen and oxygen atoms in total. The van der Waals surface area contributed by atoms with Crippen LogP contribution in [0.1, 0.15) is 30.1 Å². The lowest BCUT2D eigenvalue weighted by molar-refractivity contribution is 0.829. The Morgan fingerprint density at radius 1 is 0.913 bits per heavy atom. The van der Waals surface area contributed by atoms with Gasteiger partial charge in [0.15, 0.2) is 5.16 Å². The van der Waals surface area contributed by atoms with Crippen LogP contribution in [-0.2, 0) is 6.42 Å². The fourth-order valence-electron chi connectivity index (χ4n) is 2.71. The van der Waals surface area contributed by atoms with Gasteiger partial charge in [0.25, 0.3) is 0 Å². The van der Waals surface area contributed by atoms with Crippen LogP contribution in [0.15, 0.2) is 65.8 Å². The Bertz CT molecular complexity index is 764. The zero-order valence-electron chi connectivity index (χ0n) is 12.9. The molecule has 4 rings (SSSR count). The van der Waals surface area contributed by atoms with Crippen LogP contribution in [0.3, 0.4) is 0 Å². The summed E-state index contributed by atoms with van der Waals surface area (Å²) in [5.41, 5.74) is 2.54. The topological polar surface area (TPSA) is 30.7 Å². The molecule has 3 aromatic rings. The van der Waals surface area contributed by atoms with E-state index >= 15 is 0 Å². The molecule has 0 unspecified atom stereocenters. The standard InChI is InChI=1S/C19H19N3S/c1-3-7-15(8-4-1)13-14-23-19-21-20-18(16-11-12-16)22(19)17-9-5-2-6-10-17/h1-10,16H,11-14H2. The van der Waals surface area contributed by atoms with Gasteiger partial charge in [-0.25, -0.2) is 0 Å². The Kier molecular flexibility index (Phi) is 4.16. The van der Waals surface area contributed by atoms with Crippen molar-refractivity contribution >= 4 is 11.8 Å². The molecule has 0 atom stereocenters. The van der Waals surface area contributed by atoms with Crippen LogP contribution < -0.4 is 0 Å². The highest BCUT2D eigenvalue weighted by Crippen LogP contribution is 2.41. The van der Waals surface area contributed by atoms with Gasteiger partial charge in [-0.15, -0.1) is 10.2 Å². The Balaban J connectivity index is 1.54. The summed E-state index contributed by atoms with van der Waals surface area (Å²) in [7, 11) is 0. The van der Waals surface area contributed by atoms with Gasteiger partial charge in [-0.2, -0.15) is 0 Å². The summed E-state index contributed by atoms with van der Waals surface area (Å²) < 4.78 is 2.24. The van der Waals surface area contributed by atoms with Gasteiger partial charge < -0.3 is 0 Å². The molecular formula is C19H19N3S. The number of hydrogen-bond acceptors (Lipinski definition) is 3. The van der Waals surface area contributed by atoms with Crippen LogP contribution in [0.2, 0.25) is 0 Å². The van der Waals surface area contributed by atoms with E-state index in [1.807, 2.05) is 6.07 Å². The maximum Gasteiger partial charge on any atom is 0.195 e. The summed E-state index contributed by atoms with van der Waals surface area (Å²) >= 11 is 1.79. The number of thioether (sulfide) groups is 1. The van der Waals surface area contributed by atoms with E-state index in [1.54, 1.807) is 11.8 Å². The number of rotatable bonds is 6. The first-order valence-electron chi connectivity index (χ1n) is 8.09. The van der Waals surface area contributed by atoms with Crippen LogP contribution in [0, 0.1) is 0 Å². The molecule has 1 heterocycles. The van der Waals surface area contributed by atoms with Gasteiger partial charge in [0.1, 0.15) is 5.82 Å². The Labute approximate surface area is 140 Å². The van der Waals surface area contributed by atoms with Crippen molar-refractivity contribution in [3.05, 3.63) is 72.1 Å². The zero-order valence-corrected chi connectivity index (χ0v) is 13.7. The second kappa shape index (κ2) is 6.59. The summed E-state index contributed by atoms with van der Waals surface area (Å²) in [4.78, 5) is 0. The van der Waals surface area contributed by atoms with E-state index in [9.17, 15) is 0 Å². The van der Waals surface area contributed by atoms with Gasteiger partial charge in [0.2, 0.25) is 0 Å². The largest absolute Gasteiger partial charge is 0.274 e. The van der Waals surface area contributed by atoms with E-state index in [0.29, 0.717) is 5.92 Å². The monoisotopic (exact) mass is 321 g/mol. The number of hydrogen-bond donors (Lipinski definition) is 0. The lowest BCUT2D eigenvalue weighted by Crippen LogP contribution is -2.02. The van der Waals surface area contributed by atoms with Crippen molar-refractivity contribution < 1.29 is 0 Å². The lowest BCUT2D eigenvalue weighted by Gasteiger charge is -2.09. The van der Waals surface area contributed by atoms with Crippen molar-refractivity contribution in [3.8, 4) is 5.69 Å². The van der Waals surface area contributed by atoms with Crippen molar-refractivity contribution in [3.63, 3.8) is 0 Å². The third-order valence-corrected chi connectivity index (χ3v) is 5.01. The van der Waals surface area contributed by atoms with Crippen LogP contribution in [0.5, 0.6) is 0 Å². The molecule has 23 heavy (non-hydrogen) atoms. The van der Waals surface area contributed by atoms with Gasteiger partial charge in [-0.1, -0.05) is 60.3 Å². The average molecular weight is 321 g/mol. The van der Waals surface area contributed by atoms with Gasteiger partial charge in [0.05, 0.1) is 0 Å². The van der Waals surface area contributed by atoms with E-state index in [-0.39, 0.29) is 0 Å². The Hall–Kier alpha value is -2.07. The van der Waals surface area contributed by atoms with E-state index in [1.165, 1.54) is 24.1 Å². The van der Waals surface area contributed by atoms with Crippen LogP contribution >= 0.6 is 11.8 Å². The van der Waals surface area contributed by atoms with E-state index < -0.39 is 0 Å². The molecular weight excluding hydrogens is 302 g/mol. The number of para-hydroxylation sites is 1. The molecule has 0 saturated heterocycles. The smallest absolute Gasteiger partial charge is 0.195 e. The molecule has 116 valence electrons. The van der Waals surface area contributed by atoms with Crippen molar-refractivity contribution in [2.24, 2.45) is 0 Å². The fourth-order valence-corrected chi connectivity index (χ4v) is 3.65. The maximum absolute atomic E-state index is 4.47. The first kappa shape index (κ1) is 14.5. The van der Waals surface area contributed by atoms with Crippen LogP contribution in [-0.4, -0.2) is 20.5 Å². The van der Waals surface area contributed by atoms with Crippen molar-refractivity contribution in [1.29, 1.82) is 0 Å². The minimum Gasteiger partial charge on any atom is -0.274 e. The molecule has 1 saturated carbocycles. The molecule has 0 bridgehead atoms. The van der Waals surface area contributed by atoms with E-state index in [4.69, 9.17) is 0 Å². The van der Waals surface area contributed by atoms with Crippen molar-refractivity contribution in [2.75, 3.05) is 5.75 Å². The quantitative estimate of drug-likeness (QED) is 0.627. The summed E-state index contributed by atoms with van der Waals surface area (Å²) in [5, 5.41) is 9.94. The van der Waals surface area contributed by atoms with Gasteiger partial charge in [-0.3, -0.25) is 4.57 Å². The predicted molar refractivity (Wildman–Crippen MR) is 94.2 cm³/mol. The molecule has 4 heteroatoms. The second-order valence-electron chi connectivity index (χ2n) is 5.87. The summed E-state index contributed by atoms with van der Waals surface area (Å²) in [6, 6.07) is 21.1. The van der Waals surface area contributed by atoms with Gasteiger partial charge in [-0.05, 0) is 37.0 Å². The Morgan fingerprint density at radius 2 is 1.61 bits per heavy atom. The third kappa shape index (κ3) is 3.32. The molecule has 0 amide bonds. The van der Waals surface area contributed by atoms with Crippen LogP contribution in [0.25, 0.3) is 5.69 Å². The first-order valence-corrected chi connectivity index (χ1v) is 9.08.